The largest absolute Gasteiger partial charge is 0.498 e. The molecular formula is C23H37BO2Si. The Labute approximate surface area is 168 Å². The van der Waals surface area contributed by atoms with Gasteiger partial charge < -0.3 is 9.31 Å². The predicted octanol–water partition coefficient (Wildman–Crippen LogP) is 5.90. The van der Waals surface area contributed by atoms with Gasteiger partial charge in [0.25, 0.3) is 0 Å². The van der Waals surface area contributed by atoms with E-state index in [1.165, 1.54) is 29.9 Å². The average molecular weight is 384 g/mol. The van der Waals surface area contributed by atoms with Crippen LogP contribution in [0.2, 0.25) is 19.1 Å². The van der Waals surface area contributed by atoms with Gasteiger partial charge >= 0.3 is 7.12 Å². The quantitative estimate of drug-likeness (QED) is 0.316. The number of benzene rings is 1. The van der Waals surface area contributed by atoms with E-state index in [1.54, 1.807) is 0 Å². The van der Waals surface area contributed by atoms with Crippen molar-refractivity contribution in [1.82, 2.24) is 0 Å². The van der Waals surface area contributed by atoms with Gasteiger partial charge in [-0.05, 0) is 58.1 Å². The highest BCUT2D eigenvalue weighted by atomic mass is 28.3. The predicted molar refractivity (Wildman–Crippen MR) is 120 cm³/mol. The molecule has 148 valence electrons. The van der Waals surface area contributed by atoms with Gasteiger partial charge in [0.15, 0.2) is 0 Å². The van der Waals surface area contributed by atoms with Gasteiger partial charge in [-0.2, -0.15) is 0 Å². The molecule has 0 radical (unpaired) electrons. The second kappa shape index (κ2) is 8.96. The van der Waals surface area contributed by atoms with Crippen LogP contribution < -0.4 is 5.19 Å². The lowest BCUT2D eigenvalue weighted by molar-refractivity contribution is 0.00578. The zero-order valence-corrected chi connectivity index (χ0v) is 19.4. The number of allylic oxidation sites excluding steroid dienone is 1. The molecule has 1 heterocycles. The third-order valence-corrected chi connectivity index (χ3v) is 9.13. The highest BCUT2D eigenvalue weighted by Gasteiger charge is 2.53. The van der Waals surface area contributed by atoms with Crippen LogP contribution >= 0.6 is 0 Å². The van der Waals surface area contributed by atoms with E-state index in [0.717, 1.165) is 12.5 Å². The minimum atomic E-state index is -1.66. The van der Waals surface area contributed by atoms with Gasteiger partial charge in [-0.3, -0.25) is 0 Å². The molecule has 0 aromatic heterocycles. The summed E-state index contributed by atoms with van der Waals surface area (Å²) in [5.74, 6) is 0. The van der Waals surface area contributed by atoms with Gasteiger partial charge in [0, 0.05) is 0 Å². The Bertz CT molecular complexity index is 657. The molecule has 0 atom stereocenters. The highest BCUT2D eigenvalue weighted by molar-refractivity contribution is 6.91. The van der Waals surface area contributed by atoms with Gasteiger partial charge in [-0.15, -0.1) is 5.73 Å². The summed E-state index contributed by atoms with van der Waals surface area (Å²) >= 11 is 0. The van der Waals surface area contributed by atoms with Crippen LogP contribution in [-0.4, -0.2) is 26.4 Å². The summed E-state index contributed by atoms with van der Waals surface area (Å²) in [6, 6.07) is 11.9. The summed E-state index contributed by atoms with van der Waals surface area (Å²) in [7, 11) is -1.96. The van der Waals surface area contributed by atoms with Crippen molar-refractivity contribution in [2.75, 3.05) is 0 Å². The Morgan fingerprint density at radius 1 is 1.04 bits per heavy atom. The zero-order valence-electron chi connectivity index (χ0n) is 18.4. The first-order chi connectivity index (χ1) is 12.6. The smallest absolute Gasteiger partial charge is 0.399 e. The number of rotatable bonds is 8. The molecule has 0 saturated carbocycles. The number of hydrogen-bond acceptors (Lipinski definition) is 2. The van der Waals surface area contributed by atoms with E-state index in [0.29, 0.717) is 0 Å². The molecule has 0 N–H and O–H groups in total. The monoisotopic (exact) mass is 384 g/mol. The molecule has 1 aromatic carbocycles. The van der Waals surface area contributed by atoms with Crippen LogP contribution in [-0.2, 0) is 9.31 Å². The first-order valence-corrected chi connectivity index (χ1v) is 13.6. The molecule has 0 amide bonds. The van der Waals surface area contributed by atoms with Crippen molar-refractivity contribution in [3.63, 3.8) is 0 Å². The van der Waals surface area contributed by atoms with Gasteiger partial charge in [0.05, 0.1) is 19.3 Å². The SMILES string of the molecule is CCCCCC=C=C(C[Si](C)(C)c1ccccc1)B1OC(C)(C)C(C)(C)O1. The van der Waals surface area contributed by atoms with Crippen molar-refractivity contribution in [3.8, 4) is 0 Å². The summed E-state index contributed by atoms with van der Waals surface area (Å²) in [5.41, 5.74) is 4.14. The summed E-state index contributed by atoms with van der Waals surface area (Å²) < 4.78 is 12.7. The van der Waals surface area contributed by atoms with Crippen molar-refractivity contribution >= 4 is 20.4 Å². The van der Waals surface area contributed by atoms with E-state index < -0.39 is 8.07 Å². The lowest BCUT2D eigenvalue weighted by atomic mass is 9.80. The zero-order chi connectivity index (χ0) is 20.1. The molecule has 1 saturated heterocycles. The Morgan fingerprint density at radius 2 is 1.63 bits per heavy atom. The third kappa shape index (κ3) is 5.71. The van der Waals surface area contributed by atoms with Crippen molar-refractivity contribution < 1.29 is 9.31 Å². The maximum Gasteiger partial charge on any atom is 0.498 e. The highest BCUT2D eigenvalue weighted by Crippen LogP contribution is 2.39. The molecule has 1 aliphatic heterocycles. The Kier molecular flexibility index (Phi) is 7.38. The van der Waals surface area contributed by atoms with E-state index in [4.69, 9.17) is 9.31 Å². The molecular weight excluding hydrogens is 347 g/mol. The molecule has 27 heavy (non-hydrogen) atoms. The second-order valence-corrected chi connectivity index (χ2v) is 14.1. The third-order valence-electron chi connectivity index (χ3n) is 5.96. The Balaban J connectivity index is 2.27. The van der Waals surface area contributed by atoms with Crippen LogP contribution in [0.3, 0.4) is 0 Å². The van der Waals surface area contributed by atoms with Crippen LogP contribution in [0.4, 0.5) is 0 Å². The van der Waals surface area contributed by atoms with Crippen molar-refractivity contribution in [2.45, 2.75) is 90.6 Å². The summed E-state index contributed by atoms with van der Waals surface area (Å²) in [5, 5.41) is 1.46. The number of unbranched alkanes of at least 4 members (excludes halogenated alkanes) is 3. The van der Waals surface area contributed by atoms with Crippen LogP contribution in [0.25, 0.3) is 0 Å². The van der Waals surface area contributed by atoms with Crippen molar-refractivity contribution in [2.24, 2.45) is 0 Å². The minimum absolute atomic E-state index is 0.298. The minimum Gasteiger partial charge on any atom is -0.399 e. The summed E-state index contributed by atoms with van der Waals surface area (Å²) in [6.45, 7) is 15.6. The Hall–Kier alpha value is -1.06. The molecule has 2 rings (SSSR count). The Morgan fingerprint density at radius 3 is 2.19 bits per heavy atom. The fraction of sp³-hybridized carbons (Fsp3) is 0.609. The van der Waals surface area contributed by atoms with E-state index in [2.05, 4.69) is 89.9 Å². The standard InChI is InChI=1S/C23H37BO2Si/c1-8-9-10-11-13-16-20(24-25-22(2,3)23(4,5)26-24)19-27(6,7)21-17-14-12-15-18-21/h12-15,17-18H,8-11,19H2,1-7H3. The molecule has 2 nitrogen and oxygen atoms in total. The normalized spacial score (nSPS) is 18.3. The van der Waals surface area contributed by atoms with Gasteiger partial charge in [0.1, 0.15) is 0 Å². The molecule has 0 spiro atoms. The van der Waals surface area contributed by atoms with Crippen molar-refractivity contribution in [3.05, 3.63) is 47.6 Å². The first kappa shape index (κ1) is 22.2. The second-order valence-electron chi connectivity index (χ2n) is 9.38. The van der Waals surface area contributed by atoms with Crippen LogP contribution in [0.1, 0.15) is 60.3 Å². The van der Waals surface area contributed by atoms with E-state index in [1.807, 2.05) is 0 Å². The molecule has 1 aliphatic rings. The molecule has 0 unspecified atom stereocenters. The molecule has 0 aliphatic carbocycles. The van der Waals surface area contributed by atoms with Crippen LogP contribution in [0.15, 0.2) is 47.6 Å². The maximum atomic E-state index is 6.37. The van der Waals surface area contributed by atoms with Crippen LogP contribution in [0, 0.1) is 0 Å². The van der Waals surface area contributed by atoms with Crippen molar-refractivity contribution in [1.29, 1.82) is 0 Å². The summed E-state index contributed by atoms with van der Waals surface area (Å²) in [4.78, 5) is 0. The fourth-order valence-corrected chi connectivity index (χ4v) is 5.87. The molecule has 0 bridgehead atoms. The van der Waals surface area contributed by atoms with Crippen LogP contribution in [0.5, 0.6) is 0 Å². The molecule has 1 fully saturated rings. The molecule has 4 heteroatoms. The number of hydrogen-bond donors (Lipinski definition) is 0. The summed E-state index contributed by atoms with van der Waals surface area (Å²) in [6.07, 6.45) is 7.01. The van der Waals surface area contributed by atoms with E-state index in [9.17, 15) is 0 Å². The average Bonchev–Trinajstić information content (AvgIpc) is 2.82. The first-order valence-electron chi connectivity index (χ1n) is 10.4. The lowest BCUT2D eigenvalue weighted by Gasteiger charge is -2.32. The topological polar surface area (TPSA) is 18.5 Å². The van der Waals surface area contributed by atoms with Gasteiger partial charge in [0.2, 0.25) is 0 Å². The van der Waals surface area contributed by atoms with E-state index >= 15 is 0 Å². The van der Waals surface area contributed by atoms with Gasteiger partial charge in [-0.25, -0.2) is 0 Å². The lowest BCUT2D eigenvalue weighted by Crippen LogP contribution is -2.43. The maximum absolute atomic E-state index is 6.37. The molecule has 1 aromatic rings. The fourth-order valence-electron chi connectivity index (χ4n) is 3.35. The van der Waals surface area contributed by atoms with E-state index in [-0.39, 0.29) is 18.3 Å². The van der Waals surface area contributed by atoms with Gasteiger partial charge in [-0.1, -0.05) is 68.4 Å².